The number of hydrogen-bond acceptors (Lipinski definition) is 6. The summed E-state index contributed by atoms with van der Waals surface area (Å²) in [6.07, 6.45) is 0.296. The van der Waals surface area contributed by atoms with Gasteiger partial charge in [-0.2, -0.15) is 0 Å². The summed E-state index contributed by atoms with van der Waals surface area (Å²) in [5.74, 6) is -1.59. The molecule has 130 valence electrons. The van der Waals surface area contributed by atoms with Gasteiger partial charge >= 0.3 is 0 Å². The zero-order chi connectivity index (χ0) is 17.6. The van der Waals surface area contributed by atoms with Crippen LogP contribution in [0.5, 0.6) is 0 Å². The minimum absolute atomic E-state index is 0.0211. The van der Waals surface area contributed by atoms with Crippen molar-refractivity contribution in [2.45, 2.75) is 6.42 Å². The van der Waals surface area contributed by atoms with E-state index in [-0.39, 0.29) is 11.5 Å². The molecule has 1 aliphatic heterocycles. The monoisotopic (exact) mass is 394 g/mol. The van der Waals surface area contributed by atoms with E-state index in [9.17, 15) is 18.0 Å². The Hall–Kier alpha value is -1.97. The Balaban J connectivity index is 1.46. The topological polar surface area (TPSA) is 92.3 Å². The zero-order valence-electron chi connectivity index (χ0n) is 12.9. The summed E-state index contributed by atoms with van der Waals surface area (Å²) in [6.45, 7) is 0. The Labute approximate surface area is 151 Å². The third-order valence-electron chi connectivity index (χ3n) is 4.18. The summed E-state index contributed by atoms with van der Waals surface area (Å²) < 4.78 is 26.1. The van der Waals surface area contributed by atoms with Crippen LogP contribution in [0.25, 0.3) is 19.5 Å². The predicted octanol–water partition coefficient (Wildman–Crippen LogP) is 2.31. The second-order valence-electron chi connectivity index (χ2n) is 5.95. The number of carbonyl (C=O) groups is 2. The van der Waals surface area contributed by atoms with Gasteiger partial charge in [-0.3, -0.25) is 20.4 Å². The molecule has 4 rings (SSSR count). The van der Waals surface area contributed by atoms with Crippen LogP contribution in [0.3, 0.4) is 0 Å². The molecule has 1 saturated heterocycles. The molecule has 1 fully saturated rings. The largest absolute Gasteiger partial charge is 0.279 e. The molecular weight excluding hydrogens is 380 g/mol. The van der Waals surface area contributed by atoms with E-state index < -0.39 is 27.6 Å². The van der Waals surface area contributed by atoms with Crippen molar-refractivity contribution in [2.75, 3.05) is 11.5 Å². The summed E-state index contributed by atoms with van der Waals surface area (Å²) in [7, 11) is -3.13. The summed E-state index contributed by atoms with van der Waals surface area (Å²) in [4.78, 5) is 24.8. The van der Waals surface area contributed by atoms with Gasteiger partial charge in [-0.05, 0) is 18.6 Å². The third-order valence-corrected chi connectivity index (χ3v) is 8.36. The number of benzene rings is 1. The van der Waals surface area contributed by atoms with Gasteiger partial charge in [0.2, 0.25) is 5.91 Å². The van der Waals surface area contributed by atoms with Crippen molar-refractivity contribution in [1.82, 2.24) is 10.9 Å². The molecule has 0 aliphatic carbocycles. The fourth-order valence-corrected chi connectivity index (χ4v) is 7.06. The summed E-state index contributed by atoms with van der Waals surface area (Å²) in [5.41, 5.74) is 4.73. The molecule has 0 unspecified atom stereocenters. The molecule has 0 spiro atoms. The second-order valence-corrected chi connectivity index (χ2v) is 10.3. The van der Waals surface area contributed by atoms with Gasteiger partial charge in [0.25, 0.3) is 5.91 Å². The maximum absolute atomic E-state index is 12.3. The van der Waals surface area contributed by atoms with Gasteiger partial charge in [0.15, 0.2) is 9.84 Å². The standard InChI is InChI=1S/C16H14N2O4S3/c19-15(9-5-6-25(21,22)8-9)17-18-16(20)13-7-12-14(24-13)10-3-1-2-4-11(10)23-12/h1-4,7,9H,5-6,8H2,(H,17,19)(H,18,20)/t9-/m1/s1. The molecule has 9 heteroatoms. The van der Waals surface area contributed by atoms with Crippen molar-refractivity contribution in [3.8, 4) is 0 Å². The van der Waals surface area contributed by atoms with Gasteiger partial charge < -0.3 is 0 Å². The van der Waals surface area contributed by atoms with Crippen molar-refractivity contribution >= 4 is 63.8 Å². The van der Waals surface area contributed by atoms with Crippen LogP contribution in [-0.4, -0.2) is 31.7 Å². The van der Waals surface area contributed by atoms with Gasteiger partial charge in [0, 0.05) is 14.8 Å². The number of hydrazine groups is 1. The van der Waals surface area contributed by atoms with Crippen LogP contribution in [-0.2, 0) is 14.6 Å². The quantitative estimate of drug-likeness (QED) is 0.653. The van der Waals surface area contributed by atoms with E-state index in [1.807, 2.05) is 30.3 Å². The number of thiophene rings is 2. The highest BCUT2D eigenvalue weighted by atomic mass is 32.2. The Morgan fingerprint density at radius 2 is 1.88 bits per heavy atom. The van der Waals surface area contributed by atoms with Crippen LogP contribution in [0.4, 0.5) is 0 Å². The van der Waals surface area contributed by atoms with E-state index in [0.717, 1.165) is 14.8 Å². The fraction of sp³-hybridized carbons (Fsp3) is 0.250. The first-order valence-corrected chi connectivity index (χ1v) is 11.1. The predicted molar refractivity (Wildman–Crippen MR) is 99.6 cm³/mol. The number of rotatable bonds is 2. The maximum Gasteiger partial charge on any atom is 0.279 e. The molecule has 0 bridgehead atoms. The van der Waals surface area contributed by atoms with Crippen molar-refractivity contribution in [1.29, 1.82) is 0 Å². The van der Waals surface area contributed by atoms with E-state index in [4.69, 9.17) is 0 Å². The maximum atomic E-state index is 12.3. The molecule has 1 aliphatic rings. The molecule has 0 radical (unpaired) electrons. The minimum Gasteiger partial charge on any atom is -0.273 e. The van der Waals surface area contributed by atoms with Gasteiger partial charge in [-0.15, -0.1) is 22.7 Å². The number of fused-ring (bicyclic) bond motifs is 3. The van der Waals surface area contributed by atoms with Crippen LogP contribution in [0.15, 0.2) is 30.3 Å². The molecule has 2 N–H and O–H groups in total. The van der Waals surface area contributed by atoms with Gasteiger partial charge in [0.1, 0.15) is 0 Å². The molecule has 2 amide bonds. The van der Waals surface area contributed by atoms with Crippen molar-refractivity contribution in [3.63, 3.8) is 0 Å². The number of amides is 2. The Bertz CT molecular complexity index is 1100. The molecule has 1 aromatic carbocycles. The van der Waals surface area contributed by atoms with Crippen molar-refractivity contribution in [3.05, 3.63) is 35.2 Å². The highest BCUT2D eigenvalue weighted by molar-refractivity contribution is 7.91. The van der Waals surface area contributed by atoms with Gasteiger partial charge in [-0.25, -0.2) is 8.42 Å². The first kappa shape index (κ1) is 16.5. The highest BCUT2D eigenvalue weighted by Gasteiger charge is 2.33. The number of carbonyl (C=O) groups excluding carboxylic acids is 2. The molecule has 3 aromatic rings. The first-order valence-electron chi connectivity index (χ1n) is 7.65. The van der Waals surface area contributed by atoms with Crippen molar-refractivity contribution < 1.29 is 18.0 Å². The lowest BCUT2D eigenvalue weighted by molar-refractivity contribution is -0.125. The minimum atomic E-state index is -3.13. The number of hydrogen-bond donors (Lipinski definition) is 2. The smallest absolute Gasteiger partial charge is 0.273 e. The van der Waals surface area contributed by atoms with Gasteiger partial charge in [-0.1, -0.05) is 18.2 Å². The lowest BCUT2D eigenvalue weighted by atomic mass is 10.1. The SMILES string of the molecule is O=C(NNC(=O)[C@@H]1CCS(=O)(=O)C1)c1cc2sc3ccccc3c2s1. The summed E-state index contributed by atoms with van der Waals surface area (Å²) in [6, 6.07) is 9.82. The lowest BCUT2D eigenvalue weighted by Gasteiger charge is -2.09. The first-order chi connectivity index (χ1) is 11.9. The molecule has 0 saturated carbocycles. The third kappa shape index (κ3) is 3.14. The number of sulfone groups is 1. The Kier molecular flexibility index (Phi) is 4.01. The lowest BCUT2D eigenvalue weighted by Crippen LogP contribution is -2.44. The van der Waals surface area contributed by atoms with Crippen LogP contribution in [0.1, 0.15) is 16.1 Å². The summed E-state index contributed by atoms with van der Waals surface area (Å²) >= 11 is 3.00. The zero-order valence-corrected chi connectivity index (χ0v) is 15.4. The van der Waals surface area contributed by atoms with Crippen LogP contribution >= 0.6 is 22.7 Å². The summed E-state index contributed by atoms with van der Waals surface area (Å²) in [5, 5.41) is 1.12. The average molecular weight is 394 g/mol. The van der Waals surface area contributed by atoms with E-state index >= 15 is 0 Å². The van der Waals surface area contributed by atoms with E-state index in [2.05, 4.69) is 10.9 Å². The second kappa shape index (κ2) is 6.08. The van der Waals surface area contributed by atoms with E-state index in [1.54, 1.807) is 11.3 Å². The van der Waals surface area contributed by atoms with Crippen LogP contribution < -0.4 is 10.9 Å². The van der Waals surface area contributed by atoms with E-state index in [1.165, 1.54) is 16.0 Å². The molecule has 1 atom stereocenters. The normalized spacial score (nSPS) is 19.3. The molecule has 6 nitrogen and oxygen atoms in total. The van der Waals surface area contributed by atoms with Crippen LogP contribution in [0.2, 0.25) is 0 Å². The fourth-order valence-electron chi connectivity index (χ4n) is 2.90. The van der Waals surface area contributed by atoms with Gasteiger partial charge in [0.05, 0.1) is 27.0 Å². The molecule has 3 heterocycles. The van der Waals surface area contributed by atoms with E-state index in [0.29, 0.717) is 11.3 Å². The molecule has 2 aromatic heterocycles. The highest BCUT2D eigenvalue weighted by Crippen LogP contribution is 2.39. The molecular formula is C16H14N2O4S3. The number of nitrogens with one attached hydrogen (secondary N) is 2. The Morgan fingerprint density at radius 3 is 2.64 bits per heavy atom. The van der Waals surface area contributed by atoms with Crippen molar-refractivity contribution in [2.24, 2.45) is 5.92 Å². The Morgan fingerprint density at radius 1 is 1.08 bits per heavy atom. The van der Waals surface area contributed by atoms with Crippen LogP contribution in [0, 0.1) is 5.92 Å². The molecule has 25 heavy (non-hydrogen) atoms. The average Bonchev–Trinajstić information content (AvgIpc) is 3.24.